The Labute approximate surface area is 161 Å². The highest BCUT2D eigenvalue weighted by Gasteiger charge is 2.20. The molecule has 4 rings (SSSR count). The highest BCUT2D eigenvalue weighted by molar-refractivity contribution is 5.82. The van der Waals surface area contributed by atoms with Crippen molar-refractivity contribution in [2.24, 2.45) is 0 Å². The standard InChI is InChI=1S/C23H27NO3/c1-25-22-9-7-18(16-23(22)26-2)20-5-3-4-19-17(6-8-21(19)20)10-11-24-12-14-27-15-13-24/h3-7,9,16H,8,10-15H2,1-2H3. The van der Waals surface area contributed by atoms with E-state index in [1.54, 1.807) is 14.2 Å². The van der Waals surface area contributed by atoms with Crippen LogP contribution in [-0.4, -0.2) is 52.0 Å². The van der Waals surface area contributed by atoms with Crippen molar-refractivity contribution in [1.29, 1.82) is 0 Å². The van der Waals surface area contributed by atoms with Crippen molar-refractivity contribution < 1.29 is 14.2 Å². The first-order valence-electron chi connectivity index (χ1n) is 9.64. The summed E-state index contributed by atoms with van der Waals surface area (Å²) in [5, 5.41) is 0. The lowest BCUT2D eigenvalue weighted by Crippen LogP contribution is -2.36. The second-order valence-electron chi connectivity index (χ2n) is 7.04. The molecule has 2 aromatic rings. The maximum absolute atomic E-state index is 5.49. The van der Waals surface area contributed by atoms with Gasteiger partial charge in [0.2, 0.25) is 0 Å². The smallest absolute Gasteiger partial charge is 0.161 e. The first kappa shape index (κ1) is 18.1. The summed E-state index contributed by atoms with van der Waals surface area (Å²) in [7, 11) is 3.35. The fourth-order valence-corrected chi connectivity index (χ4v) is 4.06. The molecule has 1 saturated heterocycles. The third-order valence-electron chi connectivity index (χ3n) is 5.57. The minimum Gasteiger partial charge on any atom is -0.493 e. The average molecular weight is 365 g/mol. The van der Waals surface area contributed by atoms with Crippen LogP contribution in [-0.2, 0) is 11.2 Å². The molecule has 0 amide bonds. The summed E-state index contributed by atoms with van der Waals surface area (Å²) < 4.78 is 16.3. The Kier molecular flexibility index (Phi) is 5.46. The van der Waals surface area contributed by atoms with Crippen molar-refractivity contribution in [1.82, 2.24) is 4.90 Å². The van der Waals surface area contributed by atoms with Gasteiger partial charge in [0.15, 0.2) is 11.5 Å². The van der Waals surface area contributed by atoms with Gasteiger partial charge in [0, 0.05) is 19.6 Å². The summed E-state index contributed by atoms with van der Waals surface area (Å²) in [6, 6.07) is 12.8. The Balaban J connectivity index is 1.55. The number of allylic oxidation sites excluding steroid dienone is 1. The molecule has 142 valence electrons. The Morgan fingerprint density at radius 3 is 2.52 bits per heavy atom. The second-order valence-corrected chi connectivity index (χ2v) is 7.04. The number of rotatable bonds is 6. The van der Waals surface area contributed by atoms with E-state index in [2.05, 4.69) is 41.3 Å². The highest BCUT2D eigenvalue weighted by Crippen LogP contribution is 2.39. The number of hydrogen-bond donors (Lipinski definition) is 0. The normalized spacial score (nSPS) is 16.7. The van der Waals surface area contributed by atoms with E-state index in [4.69, 9.17) is 14.2 Å². The monoisotopic (exact) mass is 365 g/mol. The molecule has 1 fully saturated rings. The summed E-state index contributed by atoms with van der Waals surface area (Å²) in [6.07, 6.45) is 4.50. The van der Waals surface area contributed by atoms with Crippen molar-refractivity contribution in [3.63, 3.8) is 0 Å². The predicted octanol–water partition coefficient (Wildman–Crippen LogP) is 4.03. The number of benzene rings is 2. The number of ether oxygens (including phenoxy) is 3. The van der Waals surface area contributed by atoms with E-state index in [1.165, 1.54) is 27.8 Å². The van der Waals surface area contributed by atoms with E-state index in [0.29, 0.717) is 0 Å². The Hall–Kier alpha value is -2.30. The van der Waals surface area contributed by atoms with Crippen LogP contribution in [0.3, 0.4) is 0 Å². The molecule has 0 spiro atoms. The third kappa shape index (κ3) is 3.73. The number of nitrogens with zero attached hydrogens (tertiary/aromatic N) is 1. The van der Waals surface area contributed by atoms with Gasteiger partial charge in [0.25, 0.3) is 0 Å². The summed E-state index contributed by atoms with van der Waals surface area (Å²) in [4.78, 5) is 2.50. The number of hydrogen-bond acceptors (Lipinski definition) is 4. The summed E-state index contributed by atoms with van der Waals surface area (Å²) in [5.74, 6) is 1.53. The lowest BCUT2D eigenvalue weighted by Gasteiger charge is -2.26. The molecule has 2 aliphatic rings. The van der Waals surface area contributed by atoms with Crippen LogP contribution in [0.1, 0.15) is 17.5 Å². The van der Waals surface area contributed by atoms with Gasteiger partial charge in [0.1, 0.15) is 0 Å². The van der Waals surface area contributed by atoms with Crippen LogP contribution >= 0.6 is 0 Å². The minimum atomic E-state index is 0.762. The molecule has 4 nitrogen and oxygen atoms in total. The maximum Gasteiger partial charge on any atom is 0.161 e. The minimum absolute atomic E-state index is 0.762. The molecule has 1 heterocycles. The van der Waals surface area contributed by atoms with Gasteiger partial charge >= 0.3 is 0 Å². The molecule has 2 aromatic carbocycles. The van der Waals surface area contributed by atoms with Crippen molar-refractivity contribution in [2.45, 2.75) is 12.8 Å². The molecule has 0 radical (unpaired) electrons. The van der Waals surface area contributed by atoms with Gasteiger partial charge in [-0.15, -0.1) is 0 Å². The average Bonchev–Trinajstić information content (AvgIpc) is 3.15. The number of morpholine rings is 1. The van der Waals surface area contributed by atoms with Crippen LogP contribution < -0.4 is 9.47 Å². The van der Waals surface area contributed by atoms with Crippen molar-refractivity contribution in [3.8, 4) is 22.6 Å². The molecule has 27 heavy (non-hydrogen) atoms. The molecular formula is C23H27NO3. The predicted molar refractivity (Wildman–Crippen MR) is 109 cm³/mol. The molecule has 1 aliphatic carbocycles. The molecule has 4 heteroatoms. The van der Waals surface area contributed by atoms with Crippen LogP contribution in [0.2, 0.25) is 0 Å². The molecule has 0 N–H and O–H groups in total. The molecule has 0 saturated carbocycles. The quantitative estimate of drug-likeness (QED) is 0.773. The van der Waals surface area contributed by atoms with E-state index in [9.17, 15) is 0 Å². The van der Waals surface area contributed by atoms with E-state index >= 15 is 0 Å². The van der Waals surface area contributed by atoms with E-state index in [0.717, 1.165) is 57.2 Å². The lowest BCUT2D eigenvalue weighted by atomic mass is 9.94. The Morgan fingerprint density at radius 1 is 0.963 bits per heavy atom. The van der Waals surface area contributed by atoms with Crippen LogP contribution in [0.5, 0.6) is 11.5 Å². The highest BCUT2D eigenvalue weighted by atomic mass is 16.5. The second kappa shape index (κ2) is 8.15. The van der Waals surface area contributed by atoms with Gasteiger partial charge in [-0.25, -0.2) is 0 Å². The van der Waals surface area contributed by atoms with Gasteiger partial charge in [-0.1, -0.05) is 30.3 Å². The fraction of sp³-hybridized carbons (Fsp3) is 0.391. The molecule has 0 unspecified atom stereocenters. The first-order chi connectivity index (χ1) is 13.3. The lowest BCUT2D eigenvalue weighted by molar-refractivity contribution is 0.0390. The zero-order chi connectivity index (χ0) is 18.6. The SMILES string of the molecule is COc1ccc(-c2cccc3c2CC=C3CCN2CCOCC2)cc1OC. The largest absolute Gasteiger partial charge is 0.493 e. The molecule has 0 aromatic heterocycles. The van der Waals surface area contributed by atoms with Gasteiger partial charge in [-0.3, -0.25) is 4.90 Å². The summed E-state index contributed by atoms with van der Waals surface area (Å²) in [5.41, 5.74) is 6.74. The van der Waals surface area contributed by atoms with Crippen LogP contribution in [0.4, 0.5) is 0 Å². The van der Waals surface area contributed by atoms with Gasteiger partial charge < -0.3 is 14.2 Å². The first-order valence-corrected chi connectivity index (χ1v) is 9.64. The Bertz CT molecular complexity index is 838. The van der Waals surface area contributed by atoms with Crippen LogP contribution in [0.25, 0.3) is 16.7 Å². The topological polar surface area (TPSA) is 30.9 Å². The van der Waals surface area contributed by atoms with Crippen LogP contribution in [0.15, 0.2) is 42.5 Å². The number of fused-ring (bicyclic) bond motifs is 1. The zero-order valence-electron chi connectivity index (χ0n) is 16.2. The third-order valence-corrected chi connectivity index (χ3v) is 5.57. The zero-order valence-corrected chi connectivity index (χ0v) is 16.2. The van der Waals surface area contributed by atoms with Gasteiger partial charge in [0.05, 0.1) is 27.4 Å². The molecular weight excluding hydrogens is 338 g/mol. The fourth-order valence-electron chi connectivity index (χ4n) is 4.06. The van der Waals surface area contributed by atoms with Crippen molar-refractivity contribution in [3.05, 3.63) is 53.6 Å². The summed E-state index contributed by atoms with van der Waals surface area (Å²) >= 11 is 0. The van der Waals surface area contributed by atoms with E-state index in [1.807, 2.05) is 6.07 Å². The summed E-state index contributed by atoms with van der Waals surface area (Å²) in [6.45, 7) is 4.92. The van der Waals surface area contributed by atoms with Crippen molar-refractivity contribution >= 4 is 5.57 Å². The van der Waals surface area contributed by atoms with E-state index in [-0.39, 0.29) is 0 Å². The maximum atomic E-state index is 5.49. The van der Waals surface area contributed by atoms with Gasteiger partial charge in [-0.05, 0) is 52.8 Å². The van der Waals surface area contributed by atoms with Crippen LogP contribution in [0, 0.1) is 0 Å². The molecule has 0 bridgehead atoms. The van der Waals surface area contributed by atoms with Crippen molar-refractivity contribution in [2.75, 3.05) is 47.1 Å². The van der Waals surface area contributed by atoms with Gasteiger partial charge in [-0.2, -0.15) is 0 Å². The van der Waals surface area contributed by atoms with E-state index < -0.39 is 0 Å². The molecule has 1 aliphatic heterocycles. The Morgan fingerprint density at radius 2 is 1.74 bits per heavy atom. The molecule has 0 atom stereocenters. The number of methoxy groups -OCH3 is 2.